The maximum atomic E-state index is 5.76. The molecule has 84 valence electrons. The Hall–Kier alpha value is -0.960. The fraction of sp³-hybridized carbons (Fsp3) is 0.667. The minimum Gasteiger partial charge on any atom is -0.328 e. The molecule has 0 aliphatic carbocycles. The summed E-state index contributed by atoms with van der Waals surface area (Å²) in [6.45, 7) is 8.22. The van der Waals surface area contributed by atoms with Gasteiger partial charge in [-0.05, 0) is 45.6 Å². The quantitative estimate of drug-likeness (QED) is 0.821. The van der Waals surface area contributed by atoms with Crippen molar-refractivity contribution < 1.29 is 0 Å². The van der Waals surface area contributed by atoms with E-state index in [1.165, 1.54) is 11.3 Å². The molecule has 0 saturated carbocycles. The molecule has 0 aliphatic heterocycles. The van der Waals surface area contributed by atoms with Crippen LogP contribution in [0, 0.1) is 13.8 Å². The van der Waals surface area contributed by atoms with Crippen LogP contribution in [0.1, 0.15) is 43.0 Å². The highest BCUT2D eigenvalue weighted by Crippen LogP contribution is 2.13. The highest BCUT2D eigenvalue weighted by molar-refractivity contribution is 5.24. The number of hydrogen-bond acceptors (Lipinski definition) is 3. The van der Waals surface area contributed by atoms with Crippen molar-refractivity contribution in [3.8, 4) is 0 Å². The van der Waals surface area contributed by atoms with E-state index in [1.54, 1.807) is 0 Å². The molecule has 1 rings (SSSR count). The summed E-state index contributed by atoms with van der Waals surface area (Å²) in [6.07, 6.45) is 2.92. The Balaban J connectivity index is 2.91. The maximum absolute atomic E-state index is 5.76. The molecule has 0 aromatic carbocycles. The van der Waals surface area contributed by atoms with Crippen LogP contribution in [0.2, 0.25) is 0 Å². The Labute approximate surface area is 92.1 Å². The van der Waals surface area contributed by atoms with E-state index in [0.717, 1.165) is 30.8 Å². The number of nitrogens with zero attached hydrogens (tertiary/aromatic N) is 2. The smallest absolute Gasteiger partial charge is 0.125 e. The van der Waals surface area contributed by atoms with Crippen molar-refractivity contribution in [1.29, 1.82) is 0 Å². The standard InChI is InChI=1S/C12H21N3/c1-5-11-9(3)12(7-6-8(2)13)15-10(4)14-11/h8H,5-7,13H2,1-4H3. The Bertz CT molecular complexity index is 332. The zero-order valence-corrected chi connectivity index (χ0v) is 10.2. The van der Waals surface area contributed by atoms with Crippen molar-refractivity contribution >= 4 is 0 Å². The largest absolute Gasteiger partial charge is 0.328 e. The van der Waals surface area contributed by atoms with Gasteiger partial charge in [-0.3, -0.25) is 0 Å². The zero-order chi connectivity index (χ0) is 11.4. The Morgan fingerprint density at radius 3 is 2.33 bits per heavy atom. The molecule has 0 aliphatic rings. The van der Waals surface area contributed by atoms with E-state index in [2.05, 4.69) is 23.8 Å². The maximum Gasteiger partial charge on any atom is 0.125 e. The van der Waals surface area contributed by atoms with Crippen LogP contribution < -0.4 is 5.73 Å². The van der Waals surface area contributed by atoms with Gasteiger partial charge in [0, 0.05) is 17.4 Å². The third-order valence-electron chi connectivity index (χ3n) is 2.63. The van der Waals surface area contributed by atoms with Gasteiger partial charge in [-0.15, -0.1) is 0 Å². The van der Waals surface area contributed by atoms with Gasteiger partial charge in [0.15, 0.2) is 0 Å². The molecule has 1 aromatic rings. The average molecular weight is 207 g/mol. The van der Waals surface area contributed by atoms with E-state index in [1.807, 2.05) is 13.8 Å². The molecule has 0 bridgehead atoms. The highest BCUT2D eigenvalue weighted by Gasteiger charge is 2.08. The van der Waals surface area contributed by atoms with Gasteiger partial charge in [0.1, 0.15) is 5.82 Å². The third kappa shape index (κ3) is 3.27. The molecule has 0 radical (unpaired) electrons. The number of aromatic nitrogens is 2. The second kappa shape index (κ2) is 5.21. The lowest BCUT2D eigenvalue weighted by Gasteiger charge is -2.11. The molecule has 1 unspecified atom stereocenters. The van der Waals surface area contributed by atoms with Gasteiger partial charge in [-0.25, -0.2) is 9.97 Å². The topological polar surface area (TPSA) is 51.8 Å². The number of aryl methyl sites for hydroxylation is 3. The first-order valence-electron chi connectivity index (χ1n) is 5.63. The average Bonchev–Trinajstić information content (AvgIpc) is 2.18. The van der Waals surface area contributed by atoms with Crippen LogP contribution in [0.4, 0.5) is 0 Å². The third-order valence-corrected chi connectivity index (χ3v) is 2.63. The molecule has 1 atom stereocenters. The number of nitrogens with two attached hydrogens (primary N) is 1. The number of rotatable bonds is 4. The van der Waals surface area contributed by atoms with E-state index in [0.29, 0.717) is 0 Å². The molecule has 0 fully saturated rings. The molecular weight excluding hydrogens is 186 g/mol. The first-order chi connectivity index (χ1) is 7.04. The second-order valence-electron chi connectivity index (χ2n) is 4.16. The number of hydrogen-bond donors (Lipinski definition) is 1. The van der Waals surface area contributed by atoms with Crippen LogP contribution in [0.3, 0.4) is 0 Å². The molecular formula is C12H21N3. The van der Waals surface area contributed by atoms with Gasteiger partial charge in [0.25, 0.3) is 0 Å². The molecule has 0 amide bonds. The van der Waals surface area contributed by atoms with Crippen LogP contribution in [-0.2, 0) is 12.8 Å². The molecule has 0 saturated heterocycles. The van der Waals surface area contributed by atoms with Crippen LogP contribution in [0.5, 0.6) is 0 Å². The highest BCUT2D eigenvalue weighted by atomic mass is 14.9. The summed E-state index contributed by atoms with van der Waals surface area (Å²) in [7, 11) is 0. The first-order valence-corrected chi connectivity index (χ1v) is 5.63. The van der Waals surface area contributed by atoms with Crippen LogP contribution in [0.25, 0.3) is 0 Å². The van der Waals surface area contributed by atoms with Crippen molar-refractivity contribution in [2.24, 2.45) is 5.73 Å². The summed E-state index contributed by atoms with van der Waals surface area (Å²) in [5.74, 6) is 0.872. The van der Waals surface area contributed by atoms with Crippen LogP contribution in [0.15, 0.2) is 0 Å². The van der Waals surface area contributed by atoms with Gasteiger partial charge < -0.3 is 5.73 Å². The van der Waals surface area contributed by atoms with E-state index >= 15 is 0 Å². The van der Waals surface area contributed by atoms with Gasteiger partial charge in [0.05, 0.1) is 0 Å². The van der Waals surface area contributed by atoms with E-state index in [9.17, 15) is 0 Å². The van der Waals surface area contributed by atoms with E-state index in [4.69, 9.17) is 5.73 Å². The van der Waals surface area contributed by atoms with Gasteiger partial charge in [0.2, 0.25) is 0 Å². The van der Waals surface area contributed by atoms with Crippen molar-refractivity contribution in [2.75, 3.05) is 0 Å². The molecule has 0 spiro atoms. The monoisotopic (exact) mass is 207 g/mol. The summed E-state index contributed by atoms with van der Waals surface area (Å²) >= 11 is 0. The SMILES string of the molecule is CCc1nc(C)nc(CCC(C)N)c1C. The summed E-state index contributed by atoms with van der Waals surface area (Å²) in [5, 5.41) is 0. The zero-order valence-electron chi connectivity index (χ0n) is 10.2. The molecule has 1 aromatic heterocycles. The molecule has 3 heteroatoms. The van der Waals surface area contributed by atoms with Crippen molar-refractivity contribution in [3.63, 3.8) is 0 Å². The summed E-state index contributed by atoms with van der Waals surface area (Å²) in [5.41, 5.74) is 9.33. The Morgan fingerprint density at radius 2 is 1.80 bits per heavy atom. The van der Waals surface area contributed by atoms with Gasteiger partial charge in [-0.2, -0.15) is 0 Å². The van der Waals surface area contributed by atoms with Crippen LogP contribution in [-0.4, -0.2) is 16.0 Å². The minimum absolute atomic E-state index is 0.241. The lowest BCUT2D eigenvalue weighted by Crippen LogP contribution is -2.16. The van der Waals surface area contributed by atoms with Gasteiger partial charge >= 0.3 is 0 Å². The predicted octanol–water partition coefficient (Wildman–Crippen LogP) is 1.94. The lowest BCUT2D eigenvalue weighted by molar-refractivity contribution is 0.651. The van der Waals surface area contributed by atoms with Crippen LogP contribution >= 0.6 is 0 Å². The normalized spacial score (nSPS) is 12.9. The summed E-state index contributed by atoms with van der Waals surface area (Å²) < 4.78 is 0. The summed E-state index contributed by atoms with van der Waals surface area (Å²) in [6, 6.07) is 0.241. The van der Waals surface area contributed by atoms with Crippen molar-refractivity contribution in [3.05, 3.63) is 22.8 Å². The van der Waals surface area contributed by atoms with E-state index < -0.39 is 0 Å². The predicted molar refractivity (Wildman–Crippen MR) is 62.9 cm³/mol. The van der Waals surface area contributed by atoms with Gasteiger partial charge in [-0.1, -0.05) is 6.92 Å². The first kappa shape index (κ1) is 12.1. The van der Waals surface area contributed by atoms with Crippen molar-refractivity contribution in [1.82, 2.24) is 9.97 Å². The Kier molecular flexibility index (Phi) is 4.21. The van der Waals surface area contributed by atoms with E-state index in [-0.39, 0.29) is 6.04 Å². The van der Waals surface area contributed by atoms with Crippen molar-refractivity contribution in [2.45, 2.75) is 53.0 Å². The summed E-state index contributed by atoms with van der Waals surface area (Å²) in [4.78, 5) is 8.92. The molecule has 1 heterocycles. The molecule has 3 nitrogen and oxygen atoms in total. The minimum atomic E-state index is 0.241. The molecule has 15 heavy (non-hydrogen) atoms. The fourth-order valence-corrected chi connectivity index (χ4v) is 1.70. The lowest BCUT2D eigenvalue weighted by atomic mass is 10.1. The second-order valence-corrected chi connectivity index (χ2v) is 4.16. The molecule has 2 N–H and O–H groups in total. The Morgan fingerprint density at radius 1 is 1.20 bits per heavy atom. The fourth-order valence-electron chi connectivity index (χ4n) is 1.70.